The number of rotatable bonds is 15. The van der Waals surface area contributed by atoms with Crippen LogP contribution in [0.1, 0.15) is 107 Å². The van der Waals surface area contributed by atoms with Crippen LogP contribution in [0.3, 0.4) is 0 Å². The smallest absolute Gasteiger partial charge is 0.340 e. The van der Waals surface area contributed by atoms with Gasteiger partial charge in [0.2, 0.25) is 0 Å². The topological polar surface area (TPSA) is 63.6 Å². The number of unbranched alkanes of at least 4 members (excludes halogenated alkanes) is 11. The Kier molecular flexibility index (Phi) is 12.7. The van der Waals surface area contributed by atoms with Crippen LogP contribution in [-0.4, -0.2) is 17.0 Å². The molecular formula is C24H36O4. The van der Waals surface area contributed by atoms with Gasteiger partial charge >= 0.3 is 11.9 Å². The second kappa shape index (κ2) is 14.9. The normalized spacial score (nSPS) is 11.1. The van der Waals surface area contributed by atoms with Gasteiger partial charge in [0.25, 0.3) is 0 Å². The molecule has 28 heavy (non-hydrogen) atoms. The molecule has 0 saturated carbocycles. The highest BCUT2D eigenvalue weighted by Gasteiger charge is 2.16. The van der Waals surface area contributed by atoms with Crippen LogP contribution in [0.5, 0.6) is 5.75 Å². The summed E-state index contributed by atoms with van der Waals surface area (Å²) in [4.78, 5) is 22.7. The number of benzene rings is 1. The molecule has 1 rings (SSSR count). The van der Waals surface area contributed by atoms with Crippen LogP contribution < -0.4 is 4.74 Å². The van der Waals surface area contributed by atoms with Crippen LogP contribution in [-0.2, 0) is 4.79 Å². The molecule has 0 amide bonds. The maximum absolute atomic E-state index is 11.5. The zero-order valence-corrected chi connectivity index (χ0v) is 17.5. The first-order valence-corrected chi connectivity index (χ1v) is 10.8. The average Bonchev–Trinajstić information content (AvgIpc) is 2.65. The van der Waals surface area contributed by atoms with Crippen molar-refractivity contribution >= 4 is 18.0 Å². The second-order valence-corrected chi connectivity index (χ2v) is 7.35. The number of aromatic carboxylic acids is 1. The number of esters is 1. The van der Waals surface area contributed by atoms with Crippen molar-refractivity contribution in [1.29, 1.82) is 0 Å². The van der Waals surface area contributed by atoms with Gasteiger partial charge in [-0.05, 0) is 24.5 Å². The zero-order chi connectivity index (χ0) is 20.6. The molecule has 0 aromatic heterocycles. The lowest BCUT2D eigenvalue weighted by atomic mass is 10.0. The molecular weight excluding hydrogens is 352 g/mol. The Hall–Kier alpha value is -2.10. The highest BCUT2D eigenvalue weighted by atomic mass is 16.5. The SMILES string of the molecule is CCCCCCCCCCCCC/C=C/c1cccc(OC(C)=O)c1C(=O)O. The molecule has 1 aromatic rings. The van der Waals surface area contributed by atoms with Crippen LogP contribution in [0.4, 0.5) is 0 Å². The molecule has 0 aliphatic heterocycles. The van der Waals surface area contributed by atoms with Gasteiger partial charge in [-0.25, -0.2) is 4.79 Å². The van der Waals surface area contributed by atoms with E-state index in [1.807, 2.05) is 12.2 Å². The van der Waals surface area contributed by atoms with Crippen LogP contribution >= 0.6 is 0 Å². The van der Waals surface area contributed by atoms with E-state index in [1.165, 1.54) is 77.2 Å². The van der Waals surface area contributed by atoms with Crippen molar-refractivity contribution in [3.63, 3.8) is 0 Å². The van der Waals surface area contributed by atoms with Crippen molar-refractivity contribution in [1.82, 2.24) is 0 Å². The molecule has 0 spiro atoms. The Labute approximate surface area is 170 Å². The van der Waals surface area contributed by atoms with Crippen molar-refractivity contribution in [3.05, 3.63) is 35.4 Å². The monoisotopic (exact) mass is 388 g/mol. The lowest BCUT2D eigenvalue weighted by Crippen LogP contribution is -2.08. The van der Waals surface area contributed by atoms with Gasteiger partial charge in [0.15, 0.2) is 0 Å². The molecule has 0 radical (unpaired) electrons. The van der Waals surface area contributed by atoms with E-state index < -0.39 is 11.9 Å². The highest BCUT2D eigenvalue weighted by Crippen LogP contribution is 2.24. The van der Waals surface area contributed by atoms with E-state index in [4.69, 9.17) is 4.74 Å². The summed E-state index contributed by atoms with van der Waals surface area (Å²) in [6.45, 7) is 3.51. The van der Waals surface area contributed by atoms with Gasteiger partial charge < -0.3 is 9.84 Å². The molecule has 0 saturated heterocycles. The molecule has 0 atom stereocenters. The Bertz CT molecular complexity index is 619. The largest absolute Gasteiger partial charge is 0.478 e. The molecule has 1 N–H and O–H groups in total. The van der Waals surface area contributed by atoms with Gasteiger partial charge in [-0.1, -0.05) is 95.4 Å². The molecule has 4 heteroatoms. The van der Waals surface area contributed by atoms with Crippen LogP contribution in [0.25, 0.3) is 6.08 Å². The zero-order valence-electron chi connectivity index (χ0n) is 17.5. The number of hydrogen-bond donors (Lipinski definition) is 1. The Balaban J connectivity index is 2.27. The first-order valence-electron chi connectivity index (χ1n) is 10.8. The van der Waals surface area contributed by atoms with Crippen molar-refractivity contribution in [2.24, 2.45) is 0 Å². The van der Waals surface area contributed by atoms with Crippen LogP contribution in [0, 0.1) is 0 Å². The third kappa shape index (κ3) is 10.3. The quantitative estimate of drug-likeness (QED) is 0.199. The van der Waals surface area contributed by atoms with E-state index in [9.17, 15) is 14.7 Å². The van der Waals surface area contributed by atoms with E-state index >= 15 is 0 Å². The fourth-order valence-corrected chi connectivity index (χ4v) is 3.29. The van der Waals surface area contributed by atoms with E-state index in [0.717, 1.165) is 12.8 Å². The molecule has 0 aliphatic rings. The van der Waals surface area contributed by atoms with Crippen LogP contribution in [0.2, 0.25) is 0 Å². The number of hydrogen-bond acceptors (Lipinski definition) is 3. The van der Waals surface area contributed by atoms with E-state index in [-0.39, 0.29) is 11.3 Å². The van der Waals surface area contributed by atoms with Gasteiger partial charge in [-0.3, -0.25) is 4.79 Å². The van der Waals surface area contributed by atoms with Gasteiger partial charge in [0, 0.05) is 6.92 Å². The fraction of sp³-hybridized carbons (Fsp3) is 0.583. The lowest BCUT2D eigenvalue weighted by molar-refractivity contribution is -0.131. The number of ether oxygens (including phenoxy) is 1. The minimum Gasteiger partial charge on any atom is -0.478 e. The van der Waals surface area contributed by atoms with Gasteiger partial charge in [-0.15, -0.1) is 0 Å². The number of carbonyl (C=O) groups excluding carboxylic acids is 1. The fourth-order valence-electron chi connectivity index (χ4n) is 3.29. The van der Waals surface area contributed by atoms with Crippen molar-refractivity contribution in [2.75, 3.05) is 0 Å². The summed E-state index contributed by atoms with van der Waals surface area (Å²) in [7, 11) is 0. The summed E-state index contributed by atoms with van der Waals surface area (Å²) >= 11 is 0. The standard InChI is InChI=1S/C24H36O4/c1-3-4-5-6-7-8-9-10-11-12-13-14-15-17-21-18-16-19-22(28-20(2)25)23(21)24(26)27/h15-19H,3-14H2,1-2H3,(H,26,27)/b17-15+. The van der Waals surface area contributed by atoms with Crippen LogP contribution in [0.15, 0.2) is 24.3 Å². The molecule has 1 aromatic carbocycles. The minimum absolute atomic E-state index is 0.0351. The number of carboxylic acids is 1. The summed E-state index contributed by atoms with van der Waals surface area (Å²) in [5, 5.41) is 9.44. The highest BCUT2D eigenvalue weighted by molar-refractivity contribution is 5.96. The molecule has 0 heterocycles. The Morgan fingerprint density at radius 1 is 0.929 bits per heavy atom. The number of carboxylic acid groups (broad SMARTS) is 1. The molecule has 0 unspecified atom stereocenters. The van der Waals surface area contributed by atoms with Gasteiger partial charge in [0.1, 0.15) is 11.3 Å². The van der Waals surface area contributed by atoms with E-state index in [0.29, 0.717) is 5.56 Å². The Morgan fingerprint density at radius 2 is 1.50 bits per heavy atom. The van der Waals surface area contributed by atoms with E-state index in [2.05, 4.69) is 6.92 Å². The molecule has 0 bridgehead atoms. The summed E-state index contributed by atoms with van der Waals surface area (Å²) in [5.41, 5.74) is 0.599. The summed E-state index contributed by atoms with van der Waals surface area (Å²) in [6.07, 6.45) is 19.2. The van der Waals surface area contributed by atoms with Crippen molar-refractivity contribution < 1.29 is 19.4 Å². The average molecular weight is 389 g/mol. The Morgan fingerprint density at radius 3 is 2.04 bits per heavy atom. The predicted octanol–water partition coefficient (Wildman–Crippen LogP) is 7.02. The minimum atomic E-state index is -1.09. The predicted molar refractivity (Wildman–Crippen MR) is 115 cm³/mol. The number of carbonyl (C=O) groups is 2. The summed E-state index contributed by atoms with van der Waals surface area (Å²) in [5.74, 6) is -1.52. The molecule has 0 fully saturated rings. The maximum atomic E-state index is 11.5. The van der Waals surface area contributed by atoms with E-state index in [1.54, 1.807) is 12.1 Å². The third-order valence-electron chi connectivity index (χ3n) is 4.80. The first-order chi connectivity index (χ1) is 13.6. The second-order valence-electron chi connectivity index (χ2n) is 7.35. The van der Waals surface area contributed by atoms with Gasteiger partial charge in [-0.2, -0.15) is 0 Å². The van der Waals surface area contributed by atoms with Crippen molar-refractivity contribution in [3.8, 4) is 5.75 Å². The van der Waals surface area contributed by atoms with Crippen molar-refractivity contribution in [2.45, 2.75) is 90.9 Å². The third-order valence-corrected chi connectivity index (χ3v) is 4.80. The number of allylic oxidation sites excluding steroid dienone is 1. The molecule has 156 valence electrons. The lowest BCUT2D eigenvalue weighted by Gasteiger charge is -2.08. The van der Waals surface area contributed by atoms with Gasteiger partial charge in [0.05, 0.1) is 0 Å². The summed E-state index contributed by atoms with van der Waals surface area (Å²) in [6, 6.07) is 4.94. The summed E-state index contributed by atoms with van der Waals surface area (Å²) < 4.78 is 5.01. The first kappa shape index (κ1) is 23.9. The molecule has 4 nitrogen and oxygen atoms in total. The molecule has 0 aliphatic carbocycles. The maximum Gasteiger partial charge on any atom is 0.340 e.